The molecule has 1 heterocycles. The van der Waals surface area contributed by atoms with Crippen LogP contribution in [0.15, 0.2) is 84.9 Å². The van der Waals surface area contributed by atoms with Gasteiger partial charge in [0.1, 0.15) is 30.5 Å². The number of alkyl carbamates (subject to hydrolysis) is 1. The molecule has 3 N–H and O–H groups in total. The smallest absolute Gasteiger partial charge is 0.408 e. The van der Waals surface area contributed by atoms with Crippen molar-refractivity contribution in [3.63, 3.8) is 0 Å². The summed E-state index contributed by atoms with van der Waals surface area (Å²) < 4.78 is 15.6. The molecule has 3 amide bonds. The third-order valence-corrected chi connectivity index (χ3v) is 6.77. The van der Waals surface area contributed by atoms with Gasteiger partial charge in [-0.1, -0.05) is 72.8 Å². The van der Waals surface area contributed by atoms with Crippen LogP contribution in [0.3, 0.4) is 0 Å². The van der Waals surface area contributed by atoms with Crippen LogP contribution in [0.2, 0.25) is 0 Å². The molecule has 4 rings (SSSR count). The Morgan fingerprint density at radius 1 is 0.762 bits per heavy atom. The average molecular weight is 574 g/mol. The summed E-state index contributed by atoms with van der Waals surface area (Å²) in [7, 11) is 1.55. The molecule has 220 valence electrons. The summed E-state index contributed by atoms with van der Waals surface area (Å²) in [5.41, 5.74) is 2.44. The summed E-state index contributed by atoms with van der Waals surface area (Å²) >= 11 is 0. The SMILES string of the molecule is COc1ccc(C[C@H](NC(=O)[C@@H](C)NC(=O)OCc2ccccc2)C(=O)N[C@@H](Cc2ccccc2)C(=O)[C@H]2CO2)cc1. The van der Waals surface area contributed by atoms with Crippen molar-refractivity contribution in [2.75, 3.05) is 13.7 Å². The van der Waals surface area contributed by atoms with Crippen LogP contribution in [-0.4, -0.2) is 61.6 Å². The van der Waals surface area contributed by atoms with Crippen molar-refractivity contribution in [1.29, 1.82) is 0 Å². The molecular weight excluding hydrogens is 538 g/mol. The Hall–Kier alpha value is -4.70. The topological polar surface area (TPSA) is 135 Å². The lowest BCUT2D eigenvalue weighted by Crippen LogP contribution is -2.56. The van der Waals surface area contributed by atoms with Gasteiger partial charge in [0.25, 0.3) is 0 Å². The third kappa shape index (κ3) is 9.17. The van der Waals surface area contributed by atoms with Crippen LogP contribution in [0.4, 0.5) is 4.79 Å². The summed E-state index contributed by atoms with van der Waals surface area (Å²) in [5, 5.41) is 8.06. The molecule has 0 saturated carbocycles. The van der Waals surface area contributed by atoms with Gasteiger partial charge in [0, 0.05) is 6.42 Å². The van der Waals surface area contributed by atoms with Crippen LogP contribution in [0.5, 0.6) is 5.75 Å². The zero-order valence-corrected chi connectivity index (χ0v) is 23.6. The van der Waals surface area contributed by atoms with Gasteiger partial charge in [-0.05, 0) is 42.2 Å². The Balaban J connectivity index is 1.43. The number of Topliss-reactive ketones (excluding diaryl/α,β-unsaturated/α-hetero) is 1. The fourth-order valence-corrected chi connectivity index (χ4v) is 4.29. The van der Waals surface area contributed by atoms with E-state index in [-0.39, 0.29) is 25.2 Å². The van der Waals surface area contributed by atoms with Crippen molar-refractivity contribution < 1.29 is 33.4 Å². The van der Waals surface area contributed by atoms with Crippen molar-refractivity contribution in [1.82, 2.24) is 16.0 Å². The van der Waals surface area contributed by atoms with Crippen LogP contribution >= 0.6 is 0 Å². The number of rotatable bonds is 14. The highest BCUT2D eigenvalue weighted by atomic mass is 16.6. The number of hydrogen-bond donors (Lipinski definition) is 3. The Bertz CT molecular complexity index is 1350. The van der Waals surface area contributed by atoms with E-state index < -0.39 is 42.1 Å². The molecule has 4 atom stereocenters. The van der Waals surface area contributed by atoms with Crippen LogP contribution in [0.1, 0.15) is 23.6 Å². The second-order valence-corrected chi connectivity index (χ2v) is 10.0. The van der Waals surface area contributed by atoms with E-state index in [4.69, 9.17) is 14.2 Å². The van der Waals surface area contributed by atoms with Crippen LogP contribution in [0.25, 0.3) is 0 Å². The number of ether oxygens (including phenoxy) is 3. The molecule has 1 aliphatic heterocycles. The number of amides is 3. The Morgan fingerprint density at radius 3 is 1.90 bits per heavy atom. The lowest BCUT2D eigenvalue weighted by Gasteiger charge is -2.24. The van der Waals surface area contributed by atoms with E-state index in [9.17, 15) is 19.2 Å². The highest BCUT2D eigenvalue weighted by Gasteiger charge is 2.38. The van der Waals surface area contributed by atoms with Crippen LogP contribution in [-0.2, 0) is 43.3 Å². The predicted molar refractivity (Wildman–Crippen MR) is 155 cm³/mol. The normalized spacial score (nSPS) is 15.8. The molecule has 42 heavy (non-hydrogen) atoms. The largest absolute Gasteiger partial charge is 0.497 e. The van der Waals surface area contributed by atoms with Gasteiger partial charge in [0.15, 0.2) is 5.78 Å². The first kappa shape index (κ1) is 30.3. The molecule has 0 unspecified atom stereocenters. The van der Waals surface area contributed by atoms with Gasteiger partial charge in [-0.2, -0.15) is 0 Å². The molecule has 3 aromatic rings. The summed E-state index contributed by atoms with van der Waals surface area (Å²) in [6, 6.07) is 22.7. The first-order chi connectivity index (χ1) is 20.3. The molecule has 1 fully saturated rings. The first-order valence-corrected chi connectivity index (χ1v) is 13.7. The molecule has 0 radical (unpaired) electrons. The zero-order chi connectivity index (χ0) is 29.9. The first-order valence-electron chi connectivity index (χ1n) is 13.7. The van der Waals surface area contributed by atoms with E-state index in [1.807, 2.05) is 60.7 Å². The van der Waals surface area contributed by atoms with E-state index in [2.05, 4.69) is 16.0 Å². The van der Waals surface area contributed by atoms with Gasteiger partial charge in [0.05, 0.1) is 19.8 Å². The average Bonchev–Trinajstić information content (AvgIpc) is 3.86. The summed E-state index contributed by atoms with van der Waals surface area (Å²) in [4.78, 5) is 52.0. The third-order valence-electron chi connectivity index (χ3n) is 6.77. The van der Waals surface area contributed by atoms with E-state index in [1.54, 1.807) is 31.4 Å². The molecule has 0 aromatic heterocycles. The Kier molecular flexibility index (Phi) is 10.7. The number of carbonyl (C=O) groups is 4. The maximum Gasteiger partial charge on any atom is 0.408 e. The van der Waals surface area contributed by atoms with Crippen LogP contribution < -0.4 is 20.7 Å². The Labute approximate surface area is 244 Å². The van der Waals surface area contributed by atoms with Crippen molar-refractivity contribution in [2.24, 2.45) is 0 Å². The molecule has 10 nitrogen and oxygen atoms in total. The molecule has 10 heteroatoms. The molecule has 0 bridgehead atoms. The molecule has 1 saturated heterocycles. The second kappa shape index (κ2) is 14.8. The van der Waals surface area contributed by atoms with Gasteiger partial charge < -0.3 is 30.2 Å². The van der Waals surface area contributed by atoms with Crippen molar-refractivity contribution in [3.8, 4) is 5.75 Å². The minimum Gasteiger partial charge on any atom is -0.497 e. The lowest BCUT2D eigenvalue weighted by atomic mass is 9.99. The number of nitrogens with one attached hydrogen (secondary N) is 3. The highest BCUT2D eigenvalue weighted by Crippen LogP contribution is 2.17. The zero-order valence-electron chi connectivity index (χ0n) is 23.6. The number of hydrogen-bond acceptors (Lipinski definition) is 7. The fourth-order valence-electron chi connectivity index (χ4n) is 4.29. The van der Waals surface area contributed by atoms with Crippen molar-refractivity contribution >= 4 is 23.7 Å². The number of benzene rings is 3. The van der Waals surface area contributed by atoms with Gasteiger partial charge in [-0.15, -0.1) is 0 Å². The van der Waals surface area contributed by atoms with Gasteiger partial charge in [-0.3, -0.25) is 14.4 Å². The predicted octanol–water partition coefficient (Wildman–Crippen LogP) is 2.73. The van der Waals surface area contributed by atoms with E-state index in [1.165, 1.54) is 6.92 Å². The number of epoxide rings is 1. The molecule has 3 aromatic carbocycles. The maximum absolute atomic E-state index is 13.6. The van der Waals surface area contributed by atoms with E-state index in [0.717, 1.165) is 16.7 Å². The summed E-state index contributed by atoms with van der Waals surface area (Å²) in [6.45, 7) is 1.86. The van der Waals surface area contributed by atoms with Gasteiger partial charge in [0.2, 0.25) is 11.8 Å². The summed E-state index contributed by atoms with van der Waals surface area (Å²) in [5.74, 6) is -0.698. The molecule has 1 aliphatic rings. The van der Waals surface area contributed by atoms with E-state index in [0.29, 0.717) is 12.4 Å². The number of methoxy groups -OCH3 is 1. The maximum atomic E-state index is 13.6. The molecule has 0 aliphatic carbocycles. The van der Waals surface area contributed by atoms with E-state index >= 15 is 0 Å². The minimum atomic E-state index is -1.04. The fraction of sp³-hybridized carbons (Fsp3) is 0.312. The Morgan fingerprint density at radius 2 is 1.31 bits per heavy atom. The van der Waals surface area contributed by atoms with Crippen LogP contribution in [0, 0.1) is 0 Å². The van der Waals surface area contributed by atoms with Gasteiger partial charge in [-0.25, -0.2) is 4.79 Å². The lowest BCUT2D eigenvalue weighted by molar-refractivity contribution is -0.132. The second-order valence-electron chi connectivity index (χ2n) is 10.0. The van der Waals surface area contributed by atoms with Gasteiger partial charge >= 0.3 is 6.09 Å². The quantitative estimate of drug-likeness (QED) is 0.253. The minimum absolute atomic E-state index is 0.0467. The highest BCUT2D eigenvalue weighted by molar-refractivity contribution is 5.96. The standard InChI is InChI=1S/C32H35N3O7/c1-21(33-32(39)42-19-24-11-7-4-8-12-24)30(37)35-27(18-23-13-15-25(40-2)16-14-23)31(38)34-26(29(36)28-20-41-28)17-22-9-5-3-6-10-22/h3-16,21,26-28H,17-20H2,1-2H3,(H,33,39)(H,34,38)(H,35,37)/t21-,26+,27+,28-/m1/s1. The number of ketones is 1. The molecule has 0 spiro atoms. The van der Waals surface area contributed by atoms with Crippen molar-refractivity contribution in [2.45, 2.75) is 50.6 Å². The molecular formula is C32H35N3O7. The monoisotopic (exact) mass is 573 g/mol. The van der Waals surface area contributed by atoms with Crippen molar-refractivity contribution in [3.05, 3.63) is 102 Å². The number of carbonyl (C=O) groups excluding carboxylic acids is 4. The summed E-state index contributed by atoms with van der Waals surface area (Å²) in [6.07, 6.45) is -0.908.